The zero-order chi connectivity index (χ0) is 25.5. The number of hydrazone groups is 1. The fourth-order valence-corrected chi connectivity index (χ4v) is 3.08. The Morgan fingerprint density at radius 1 is 0.778 bits per heavy atom. The molecule has 0 fully saturated rings. The third-order valence-corrected chi connectivity index (χ3v) is 4.86. The average molecular weight is 506 g/mol. The molecule has 0 amide bonds. The van der Waals surface area contributed by atoms with E-state index >= 15 is 0 Å². The van der Waals surface area contributed by atoms with Crippen LogP contribution in [0.15, 0.2) is 77.9 Å². The van der Waals surface area contributed by atoms with E-state index in [0.29, 0.717) is 11.3 Å². The van der Waals surface area contributed by atoms with Crippen LogP contribution in [0.25, 0.3) is 0 Å². The summed E-state index contributed by atoms with van der Waals surface area (Å²) in [5.41, 5.74) is 4.04. The highest BCUT2D eigenvalue weighted by Crippen LogP contribution is 2.24. The minimum Gasteiger partial charge on any atom is -0.324 e. The van der Waals surface area contributed by atoms with Crippen LogP contribution in [0.4, 0.5) is 40.6 Å². The number of rotatable bonds is 9. The van der Waals surface area contributed by atoms with Gasteiger partial charge >= 0.3 is 0 Å². The molecular weight excluding hydrogens is 490 g/mol. The molecule has 0 atom stereocenters. The first-order chi connectivity index (χ1) is 17.4. The second-order valence-corrected chi connectivity index (χ2v) is 7.47. The van der Waals surface area contributed by atoms with E-state index in [1.165, 1.54) is 42.6 Å². The first-order valence-corrected chi connectivity index (χ1v) is 10.6. The highest BCUT2D eigenvalue weighted by Gasteiger charge is 2.12. The van der Waals surface area contributed by atoms with Crippen LogP contribution in [0.1, 0.15) is 5.56 Å². The monoisotopic (exact) mass is 505 g/mol. The van der Waals surface area contributed by atoms with Crippen molar-refractivity contribution in [2.24, 2.45) is 5.10 Å². The quantitative estimate of drug-likeness (QED) is 0.154. The van der Waals surface area contributed by atoms with E-state index < -0.39 is 9.85 Å². The summed E-state index contributed by atoms with van der Waals surface area (Å²) in [4.78, 5) is 33.8. The lowest BCUT2D eigenvalue weighted by Crippen LogP contribution is -2.07. The number of hydrogen-bond donors (Lipinski definition) is 3. The number of nitro benzene ring substituents is 2. The summed E-state index contributed by atoms with van der Waals surface area (Å²) in [6.45, 7) is 0. The molecule has 1 aromatic heterocycles. The molecule has 0 radical (unpaired) electrons. The van der Waals surface area contributed by atoms with Crippen LogP contribution in [0, 0.1) is 20.2 Å². The van der Waals surface area contributed by atoms with E-state index in [4.69, 9.17) is 11.6 Å². The molecule has 13 nitrogen and oxygen atoms in total. The van der Waals surface area contributed by atoms with Gasteiger partial charge in [0.2, 0.25) is 17.8 Å². The zero-order valence-electron chi connectivity index (χ0n) is 18.2. The van der Waals surface area contributed by atoms with Gasteiger partial charge in [-0.15, -0.1) is 0 Å². The van der Waals surface area contributed by atoms with Gasteiger partial charge in [-0.05, 0) is 30.3 Å². The Kier molecular flexibility index (Phi) is 7.22. The van der Waals surface area contributed by atoms with Gasteiger partial charge in [0.15, 0.2) is 0 Å². The van der Waals surface area contributed by atoms with Gasteiger partial charge in [-0.25, -0.2) is 5.43 Å². The van der Waals surface area contributed by atoms with E-state index in [-0.39, 0.29) is 34.2 Å². The van der Waals surface area contributed by atoms with Gasteiger partial charge < -0.3 is 10.6 Å². The Labute approximate surface area is 208 Å². The van der Waals surface area contributed by atoms with E-state index in [0.717, 1.165) is 5.69 Å². The Hall–Kier alpha value is -5.17. The molecule has 1 heterocycles. The minimum atomic E-state index is -0.587. The van der Waals surface area contributed by atoms with Crippen LogP contribution in [0.3, 0.4) is 0 Å². The van der Waals surface area contributed by atoms with Crippen LogP contribution in [0.2, 0.25) is 5.02 Å². The second kappa shape index (κ2) is 10.8. The minimum absolute atomic E-state index is 0.0150. The fourth-order valence-electron chi connectivity index (χ4n) is 2.90. The predicted octanol–water partition coefficient (Wildman–Crippen LogP) is 5.27. The maximum Gasteiger partial charge on any atom is 0.288 e. The average Bonchev–Trinajstić information content (AvgIpc) is 2.86. The molecule has 3 aromatic carbocycles. The van der Waals surface area contributed by atoms with E-state index in [2.05, 4.69) is 36.1 Å². The molecule has 0 aliphatic carbocycles. The summed E-state index contributed by atoms with van der Waals surface area (Å²) in [5, 5.41) is 32.1. The lowest BCUT2D eigenvalue weighted by molar-refractivity contribution is -0.385. The predicted molar refractivity (Wildman–Crippen MR) is 135 cm³/mol. The first-order valence-electron chi connectivity index (χ1n) is 10.2. The summed E-state index contributed by atoms with van der Waals surface area (Å²) in [6, 6.07) is 19.2. The molecule has 0 saturated heterocycles. The number of non-ortho nitro benzene ring substituents is 1. The molecule has 0 saturated carbocycles. The topological polar surface area (TPSA) is 173 Å². The van der Waals surface area contributed by atoms with Crippen LogP contribution in [-0.2, 0) is 0 Å². The van der Waals surface area contributed by atoms with Crippen molar-refractivity contribution < 1.29 is 9.85 Å². The molecule has 0 aliphatic heterocycles. The van der Waals surface area contributed by atoms with E-state index in [1.807, 2.05) is 30.3 Å². The zero-order valence-corrected chi connectivity index (χ0v) is 19.0. The molecule has 180 valence electrons. The number of benzene rings is 3. The highest BCUT2D eigenvalue weighted by atomic mass is 35.5. The van der Waals surface area contributed by atoms with E-state index in [9.17, 15) is 20.2 Å². The molecule has 0 bridgehead atoms. The van der Waals surface area contributed by atoms with Gasteiger partial charge in [0.25, 0.3) is 11.4 Å². The summed E-state index contributed by atoms with van der Waals surface area (Å²) in [5.74, 6) is 0.394. The Morgan fingerprint density at radius 3 is 2.00 bits per heavy atom. The normalized spacial score (nSPS) is 10.7. The van der Waals surface area contributed by atoms with Crippen molar-refractivity contribution >= 4 is 58.4 Å². The van der Waals surface area contributed by atoms with Gasteiger partial charge in [-0.3, -0.25) is 20.2 Å². The molecule has 3 N–H and O–H groups in total. The maximum absolute atomic E-state index is 11.1. The van der Waals surface area contributed by atoms with E-state index in [1.54, 1.807) is 6.07 Å². The lowest BCUT2D eigenvalue weighted by Gasteiger charge is -2.10. The number of para-hydroxylation sites is 1. The Morgan fingerprint density at radius 2 is 1.39 bits per heavy atom. The molecule has 0 aliphatic rings. The van der Waals surface area contributed by atoms with Crippen molar-refractivity contribution in [2.45, 2.75) is 0 Å². The van der Waals surface area contributed by atoms with Gasteiger partial charge in [0.05, 0.1) is 16.1 Å². The van der Waals surface area contributed by atoms with Crippen molar-refractivity contribution in [3.05, 3.63) is 104 Å². The van der Waals surface area contributed by atoms with Crippen molar-refractivity contribution in [2.75, 3.05) is 16.1 Å². The standard InChI is InChI=1S/C22H16ClN9O4/c23-18-11-6-14(12-19(18)32(35)36)13-24-30-22-28-20(25-15-4-2-1-3-5-15)27-21(29-22)26-16-7-9-17(10-8-16)31(33)34/h1-13H,(H3,25,26,27,28,29,30)/b24-13-. The maximum atomic E-state index is 11.1. The van der Waals surface area contributed by atoms with Gasteiger partial charge in [0.1, 0.15) is 5.02 Å². The number of hydrogen-bond acceptors (Lipinski definition) is 11. The molecule has 4 rings (SSSR count). The summed E-state index contributed by atoms with van der Waals surface area (Å²) in [7, 11) is 0. The molecule has 0 spiro atoms. The summed E-state index contributed by atoms with van der Waals surface area (Å²) >= 11 is 5.84. The highest BCUT2D eigenvalue weighted by molar-refractivity contribution is 6.32. The Bertz CT molecular complexity index is 1430. The molecule has 14 heteroatoms. The summed E-state index contributed by atoms with van der Waals surface area (Å²) < 4.78 is 0. The van der Waals surface area contributed by atoms with Crippen LogP contribution >= 0.6 is 11.6 Å². The fraction of sp³-hybridized carbons (Fsp3) is 0. The van der Waals surface area contributed by atoms with Crippen molar-refractivity contribution in [3.63, 3.8) is 0 Å². The number of nitro groups is 2. The van der Waals surface area contributed by atoms with Crippen LogP contribution < -0.4 is 16.1 Å². The molecule has 36 heavy (non-hydrogen) atoms. The van der Waals surface area contributed by atoms with Gasteiger partial charge in [0, 0.05) is 35.1 Å². The third-order valence-electron chi connectivity index (χ3n) is 4.54. The number of nitrogens with one attached hydrogen (secondary N) is 3. The molecule has 0 unspecified atom stereocenters. The number of aromatic nitrogens is 3. The summed E-state index contributed by atoms with van der Waals surface area (Å²) in [6.07, 6.45) is 1.35. The molecular formula is C22H16ClN9O4. The number of nitrogens with zero attached hydrogens (tertiary/aromatic N) is 6. The lowest BCUT2D eigenvalue weighted by atomic mass is 10.2. The van der Waals surface area contributed by atoms with Crippen molar-refractivity contribution in [1.29, 1.82) is 0 Å². The second-order valence-electron chi connectivity index (χ2n) is 7.06. The molecule has 4 aromatic rings. The third kappa shape index (κ3) is 6.24. The number of halogens is 1. The van der Waals surface area contributed by atoms with Crippen LogP contribution in [-0.4, -0.2) is 31.0 Å². The largest absolute Gasteiger partial charge is 0.324 e. The SMILES string of the molecule is O=[N+]([O-])c1ccc(Nc2nc(N/N=C\c3ccc(Cl)c([N+](=O)[O-])c3)nc(Nc3ccccc3)n2)cc1. The number of anilines is 5. The Balaban J connectivity index is 1.58. The van der Waals surface area contributed by atoms with Gasteiger partial charge in [-0.2, -0.15) is 20.1 Å². The van der Waals surface area contributed by atoms with Gasteiger partial charge in [-0.1, -0.05) is 35.9 Å². The van der Waals surface area contributed by atoms with Crippen molar-refractivity contribution in [1.82, 2.24) is 15.0 Å². The van der Waals surface area contributed by atoms with Crippen molar-refractivity contribution in [3.8, 4) is 0 Å². The first kappa shape index (κ1) is 24.0. The van der Waals surface area contributed by atoms with Crippen LogP contribution in [0.5, 0.6) is 0 Å². The smallest absolute Gasteiger partial charge is 0.288 e.